The van der Waals surface area contributed by atoms with E-state index in [1.807, 2.05) is 6.92 Å². The summed E-state index contributed by atoms with van der Waals surface area (Å²) in [7, 11) is 0. The number of anilines is 4. The van der Waals surface area contributed by atoms with Crippen molar-refractivity contribution in [1.29, 1.82) is 0 Å². The Bertz CT molecular complexity index is 1270. The molecular formula is C20H17F2N5O3. The highest BCUT2D eigenvalue weighted by molar-refractivity contribution is 5.78. The third kappa shape index (κ3) is 4.37. The number of alkyl halides is 2. The minimum Gasteiger partial charge on any atom is -0.435 e. The highest BCUT2D eigenvalue weighted by atomic mass is 19.3. The second-order valence-electron chi connectivity index (χ2n) is 6.61. The third-order valence-electron chi connectivity index (χ3n) is 4.19. The number of H-pyrrole nitrogens is 1. The minimum atomic E-state index is -2.91. The standard InChI is InChI=1S/C20H17F2N5O3/c1-10-5-13(7-14(6-10)29-18(21)22)25-19-23-9-11(2)17(27-19)24-12-3-4-16-15(8-12)26-20(28)30-16/h3-9,18H,1-2H3,(H,26,28)(H2,23,24,25,27). The second-order valence-corrected chi connectivity index (χ2v) is 6.61. The van der Waals surface area contributed by atoms with Crippen LogP contribution in [0.25, 0.3) is 11.1 Å². The first-order valence-electron chi connectivity index (χ1n) is 8.93. The molecule has 8 nitrogen and oxygen atoms in total. The monoisotopic (exact) mass is 413 g/mol. The molecule has 0 saturated carbocycles. The molecule has 0 unspecified atom stereocenters. The number of oxazole rings is 1. The van der Waals surface area contributed by atoms with Crippen LogP contribution in [0.15, 0.2) is 51.8 Å². The van der Waals surface area contributed by atoms with E-state index in [0.717, 1.165) is 11.1 Å². The zero-order chi connectivity index (χ0) is 21.3. The van der Waals surface area contributed by atoms with Gasteiger partial charge >= 0.3 is 12.4 Å². The van der Waals surface area contributed by atoms with Crippen molar-refractivity contribution in [3.63, 3.8) is 0 Å². The van der Waals surface area contributed by atoms with Crippen LogP contribution in [0.3, 0.4) is 0 Å². The van der Waals surface area contributed by atoms with Gasteiger partial charge in [-0.25, -0.2) is 9.78 Å². The van der Waals surface area contributed by atoms with Crippen LogP contribution < -0.4 is 21.1 Å². The van der Waals surface area contributed by atoms with Crippen molar-refractivity contribution in [2.45, 2.75) is 20.5 Å². The third-order valence-corrected chi connectivity index (χ3v) is 4.19. The van der Waals surface area contributed by atoms with Crippen molar-refractivity contribution in [3.05, 3.63) is 64.3 Å². The fraction of sp³-hybridized carbons (Fsp3) is 0.150. The van der Waals surface area contributed by atoms with Crippen molar-refractivity contribution >= 4 is 34.2 Å². The van der Waals surface area contributed by atoms with Gasteiger partial charge in [0.1, 0.15) is 11.6 Å². The topological polar surface area (TPSA) is 105 Å². The Hall–Kier alpha value is -3.95. The molecule has 0 spiro atoms. The van der Waals surface area contributed by atoms with E-state index in [2.05, 4.69) is 30.3 Å². The average Bonchev–Trinajstić information content (AvgIpc) is 3.02. The molecule has 3 N–H and O–H groups in total. The summed E-state index contributed by atoms with van der Waals surface area (Å²) in [6.07, 6.45) is 1.63. The van der Waals surface area contributed by atoms with Gasteiger partial charge in [-0.05, 0) is 49.7 Å². The zero-order valence-electron chi connectivity index (χ0n) is 16.0. The summed E-state index contributed by atoms with van der Waals surface area (Å²) in [5.41, 5.74) is 3.74. The number of hydrogen-bond acceptors (Lipinski definition) is 7. The maximum Gasteiger partial charge on any atom is 0.417 e. The van der Waals surface area contributed by atoms with Crippen LogP contribution in [0, 0.1) is 13.8 Å². The van der Waals surface area contributed by atoms with Gasteiger partial charge in [-0.15, -0.1) is 0 Å². The number of hydrogen-bond donors (Lipinski definition) is 3. The normalized spacial score (nSPS) is 11.1. The first-order chi connectivity index (χ1) is 14.4. The van der Waals surface area contributed by atoms with Crippen molar-refractivity contribution in [1.82, 2.24) is 15.0 Å². The summed E-state index contributed by atoms with van der Waals surface area (Å²) in [6, 6.07) is 9.86. The van der Waals surface area contributed by atoms with E-state index >= 15 is 0 Å². The van der Waals surface area contributed by atoms with Gasteiger partial charge < -0.3 is 19.8 Å². The van der Waals surface area contributed by atoms with E-state index in [0.29, 0.717) is 28.3 Å². The Morgan fingerprint density at radius 2 is 1.93 bits per heavy atom. The zero-order valence-corrected chi connectivity index (χ0v) is 16.0. The molecule has 0 bridgehead atoms. The molecule has 30 heavy (non-hydrogen) atoms. The lowest BCUT2D eigenvalue weighted by Crippen LogP contribution is -2.04. The van der Waals surface area contributed by atoms with Crippen LogP contribution in [-0.4, -0.2) is 21.6 Å². The lowest BCUT2D eigenvalue weighted by atomic mass is 10.2. The van der Waals surface area contributed by atoms with E-state index in [1.165, 1.54) is 12.1 Å². The van der Waals surface area contributed by atoms with Gasteiger partial charge in [0.2, 0.25) is 5.95 Å². The first-order valence-corrected chi connectivity index (χ1v) is 8.93. The maximum atomic E-state index is 12.5. The summed E-state index contributed by atoms with van der Waals surface area (Å²) in [6.45, 7) is 0.697. The molecule has 0 aliphatic carbocycles. The Morgan fingerprint density at radius 1 is 1.10 bits per heavy atom. The fourth-order valence-electron chi connectivity index (χ4n) is 2.92. The number of rotatable bonds is 6. The summed E-state index contributed by atoms with van der Waals surface area (Å²) in [5, 5.41) is 6.17. The molecule has 0 aliphatic heterocycles. The molecule has 0 aliphatic rings. The molecule has 10 heteroatoms. The van der Waals surface area contributed by atoms with Crippen LogP contribution in [0.4, 0.5) is 31.9 Å². The number of aromatic amines is 1. The van der Waals surface area contributed by atoms with Gasteiger partial charge in [-0.2, -0.15) is 13.8 Å². The van der Waals surface area contributed by atoms with Crippen LogP contribution in [0.2, 0.25) is 0 Å². The molecule has 4 rings (SSSR count). The summed E-state index contributed by atoms with van der Waals surface area (Å²) in [5.74, 6) is 0.324. The van der Waals surface area contributed by atoms with Crippen molar-refractivity contribution in [3.8, 4) is 5.75 Å². The molecule has 0 fully saturated rings. The smallest absolute Gasteiger partial charge is 0.417 e. The number of aromatic nitrogens is 3. The average molecular weight is 413 g/mol. The maximum absolute atomic E-state index is 12.5. The van der Waals surface area contributed by atoms with Crippen LogP contribution in [0.5, 0.6) is 5.75 Å². The number of fused-ring (bicyclic) bond motifs is 1. The largest absolute Gasteiger partial charge is 0.435 e. The fourth-order valence-corrected chi connectivity index (χ4v) is 2.92. The Balaban J connectivity index is 1.58. The van der Waals surface area contributed by atoms with Crippen LogP contribution in [-0.2, 0) is 0 Å². The van der Waals surface area contributed by atoms with Crippen molar-refractivity contribution in [2.24, 2.45) is 0 Å². The van der Waals surface area contributed by atoms with E-state index in [9.17, 15) is 13.6 Å². The predicted octanol–water partition coefficient (Wildman–Crippen LogP) is 4.62. The number of ether oxygens (including phenoxy) is 1. The highest BCUT2D eigenvalue weighted by Crippen LogP contribution is 2.26. The van der Waals surface area contributed by atoms with Gasteiger partial charge in [0.05, 0.1) is 5.52 Å². The van der Waals surface area contributed by atoms with Crippen LogP contribution >= 0.6 is 0 Å². The number of nitrogens with one attached hydrogen (secondary N) is 3. The molecule has 0 radical (unpaired) electrons. The second kappa shape index (κ2) is 7.82. The van der Waals surface area contributed by atoms with E-state index in [-0.39, 0.29) is 11.7 Å². The SMILES string of the molecule is Cc1cc(Nc2ncc(C)c(Nc3ccc4oc(=O)[nH]c4c3)n2)cc(OC(F)F)c1. The molecule has 154 valence electrons. The minimum absolute atomic E-state index is 0.0420. The molecule has 0 atom stereocenters. The van der Waals surface area contributed by atoms with Gasteiger partial charge in [0, 0.05) is 29.2 Å². The predicted molar refractivity (Wildman–Crippen MR) is 108 cm³/mol. The number of nitrogens with zero attached hydrogens (tertiary/aromatic N) is 2. The van der Waals surface area contributed by atoms with Gasteiger partial charge in [0.25, 0.3) is 0 Å². The highest BCUT2D eigenvalue weighted by Gasteiger charge is 2.10. The van der Waals surface area contributed by atoms with Gasteiger partial charge in [-0.3, -0.25) is 4.98 Å². The van der Waals surface area contributed by atoms with Gasteiger partial charge in [0.15, 0.2) is 5.58 Å². The Kier molecular flexibility index (Phi) is 5.05. The Morgan fingerprint density at radius 3 is 2.73 bits per heavy atom. The molecule has 2 aromatic heterocycles. The summed E-state index contributed by atoms with van der Waals surface area (Å²) in [4.78, 5) is 22.6. The number of aryl methyl sites for hydroxylation is 2. The molecule has 2 heterocycles. The van der Waals surface area contributed by atoms with Crippen molar-refractivity contribution < 1.29 is 17.9 Å². The van der Waals surface area contributed by atoms with E-state index in [1.54, 1.807) is 37.4 Å². The molecule has 4 aromatic rings. The molecule has 0 saturated heterocycles. The quantitative estimate of drug-likeness (QED) is 0.424. The lowest BCUT2D eigenvalue weighted by molar-refractivity contribution is -0.0498. The summed E-state index contributed by atoms with van der Waals surface area (Å²) >= 11 is 0. The number of benzene rings is 2. The van der Waals surface area contributed by atoms with E-state index < -0.39 is 12.4 Å². The molecule has 0 amide bonds. The Labute approximate surface area is 168 Å². The van der Waals surface area contributed by atoms with E-state index in [4.69, 9.17) is 4.42 Å². The van der Waals surface area contributed by atoms with Crippen LogP contribution in [0.1, 0.15) is 11.1 Å². The number of halogens is 2. The summed E-state index contributed by atoms with van der Waals surface area (Å²) < 4.78 is 34.5. The lowest BCUT2D eigenvalue weighted by Gasteiger charge is -2.12. The first kappa shape index (κ1) is 19.4. The van der Waals surface area contributed by atoms with Gasteiger partial charge in [-0.1, -0.05) is 0 Å². The molecule has 2 aromatic carbocycles. The van der Waals surface area contributed by atoms with Crippen molar-refractivity contribution in [2.75, 3.05) is 10.6 Å². The molecular weight excluding hydrogens is 396 g/mol.